The maximum absolute atomic E-state index is 12.3. The zero-order valence-electron chi connectivity index (χ0n) is 12.8. The number of rotatable bonds is 6. The second-order valence-electron chi connectivity index (χ2n) is 5.24. The van der Waals surface area contributed by atoms with Gasteiger partial charge in [0.1, 0.15) is 23.2 Å². The van der Waals surface area contributed by atoms with Gasteiger partial charge in [0.2, 0.25) is 0 Å². The van der Waals surface area contributed by atoms with Gasteiger partial charge in [-0.05, 0) is 30.2 Å². The number of methoxy groups -OCH3 is 1. The Morgan fingerprint density at radius 3 is 2.91 bits per heavy atom. The van der Waals surface area contributed by atoms with E-state index in [2.05, 4.69) is 6.92 Å². The number of ether oxygens (including phenoxy) is 2. The Kier molecular flexibility index (Phi) is 5.20. The number of Topliss-reactive ketones (excluding diaryl/α,β-unsaturated/α-hetero) is 1. The lowest BCUT2D eigenvalue weighted by Gasteiger charge is -2.25. The minimum atomic E-state index is -0.941. The number of hydrogen-bond acceptors (Lipinski definition) is 4. The SMILES string of the molecule is CCCC=C[C@@H]1CC(=O)c2c(OC)cc(CC(=O)O)cc2O1. The first-order valence-corrected chi connectivity index (χ1v) is 7.34. The Morgan fingerprint density at radius 1 is 1.50 bits per heavy atom. The number of carbonyl (C=O) groups excluding carboxylic acids is 1. The number of ketones is 1. The van der Waals surface area contributed by atoms with Crippen molar-refractivity contribution in [3.05, 3.63) is 35.4 Å². The number of carboxylic acids is 1. The molecule has 1 heterocycles. The summed E-state index contributed by atoms with van der Waals surface area (Å²) in [6.07, 6.45) is 5.67. The van der Waals surface area contributed by atoms with Crippen LogP contribution in [0.1, 0.15) is 42.1 Å². The van der Waals surface area contributed by atoms with Gasteiger partial charge in [-0.1, -0.05) is 19.4 Å². The summed E-state index contributed by atoms with van der Waals surface area (Å²) in [4.78, 5) is 23.2. The van der Waals surface area contributed by atoms with Crippen LogP contribution < -0.4 is 9.47 Å². The Bertz CT molecular complexity index is 603. The Hall–Kier alpha value is -2.30. The molecule has 0 aromatic heterocycles. The zero-order chi connectivity index (χ0) is 16.1. The summed E-state index contributed by atoms with van der Waals surface area (Å²) in [5.74, 6) is -0.220. The molecule has 1 atom stereocenters. The van der Waals surface area contributed by atoms with Crippen LogP contribution in [0.4, 0.5) is 0 Å². The third kappa shape index (κ3) is 3.67. The van der Waals surface area contributed by atoms with Crippen LogP contribution in [0.3, 0.4) is 0 Å². The first-order valence-electron chi connectivity index (χ1n) is 7.34. The number of carboxylic acid groups (broad SMARTS) is 1. The van der Waals surface area contributed by atoms with Crippen LogP contribution >= 0.6 is 0 Å². The van der Waals surface area contributed by atoms with E-state index in [4.69, 9.17) is 14.6 Å². The van der Waals surface area contributed by atoms with Crippen LogP contribution in [0.15, 0.2) is 24.3 Å². The van der Waals surface area contributed by atoms with Gasteiger partial charge in [0.25, 0.3) is 0 Å². The van der Waals surface area contributed by atoms with E-state index in [1.807, 2.05) is 12.2 Å². The molecule has 0 aliphatic carbocycles. The van der Waals surface area contributed by atoms with Crippen molar-refractivity contribution in [1.29, 1.82) is 0 Å². The number of hydrogen-bond donors (Lipinski definition) is 1. The highest BCUT2D eigenvalue weighted by Crippen LogP contribution is 2.36. The van der Waals surface area contributed by atoms with Gasteiger partial charge < -0.3 is 14.6 Å². The van der Waals surface area contributed by atoms with Crippen molar-refractivity contribution in [2.45, 2.75) is 38.7 Å². The minimum Gasteiger partial charge on any atom is -0.496 e. The molecule has 1 aliphatic heterocycles. The lowest BCUT2D eigenvalue weighted by atomic mass is 9.96. The van der Waals surface area contributed by atoms with E-state index in [9.17, 15) is 9.59 Å². The number of unbranched alkanes of at least 4 members (excludes halogenated alkanes) is 1. The van der Waals surface area contributed by atoms with Gasteiger partial charge >= 0.3 is 5.97 Å². The molecular formula is C17H20O5. The topological polar surface area (TPSA) is 72.8 Å². The van der Waals surface area contributed by atoms with E-state index < -0.39 is 5.97 Å². The van der Waals surface area contributed by atoms with E-state index in [0.29, 0.717) is 22.6 Å². The standard InChI is InChI=1S/C17H20O5/c1-3-4-5-6-12-10-13(18)17-14(21-2)7-11(9-16(19)20)8-15(17)22-12/h5-8,12H,3-4,9-10H2,1-2H3,(H,19,20)/t12-/m1/s1. The first-order chi connectivity index (χ1) is 10.5. The summed E-state index contributed by atoms with van der Waals surface area (Å²) in [6, 6.07) is 3.20. The molecule has 0 amide bonds. The summed E-state index contributed by atoms with van der Waals surface area (Å²) in [7, 11) is 1.46. The quantitative estimate of drug-likeness (QED) is 0.818. The molecule has 0 unspecified atom stereocenters. The van der Waals surface area contributed by atoms with Gasteiger partial charge in [-0.2, -0.15) is 0 Å². The van der Waals surface area contributed by atoms with Crippen LogP contribution in [0.5, 0.6) is 11.5 Å². The first kappa shape index (κ1) is 16.1. The van der Waals surface area contributed by atoms with Gasteiger partial charge in [0, 0.05) is 0 Å². The molecule has 0 bridgehead atoms. The number of allylic oxidation sites excluding steroid dienone is 1. The molecule has 118 valence electrons. The van der Waals surface area contributed by atoms with Crippen molar-refractivity contribution in [1.82, 2.24) is 0 Å². The van der Waals surface area contributed by atoms with Gasteiger partial charge in [0.15, 0.2) is 5.78 Å². The highest BCUT2D eigenvalue weighted by atomic mass is 16.5. The second-order valence-corrected chi connectivity index (χ2v) is 5.24. The van der Waals surface area contributed by atoms with Crippen LogP contribution in [0.2, 0.25) is 0 Å². The zero-order valence-corrected chi connectivity index (χ0v) is 12.8. The van der Waals surface area contributed by atoms with Crippen LogP contribution in [-0.2, 0) is 11.2 Å². The van der Waals surface area contributed by atoms with Crippen LogP contribution in [-0.4, -0.2) is 30.1 Å². The lowest BCUT2D eigenvalue weighted by Crippen LogP contribution is -2.26. The highest BCUT2D eigenvalue weighted by Gasteiger charge is 2.29. The fourth-order valence-corrected chi connectivity index (χ4v) is 2.46. The molecule has 22 heavy (non-hydrogen) atoms. The third-order valence-corrected chi connectivity index (χ3v) is 3.45. The van der Waals surface area contributed by atoms with Gasteiger partial charge in [0.05, 0.1) is 20.0 Å². The van der Waals surface area contributed by atoms with E-state index in [1.54, 1.807) is 12.1 Å². The van der Waals surface area contributed by atoms with E-state index in [1.165, 1.54) is 7.11 Å². The fourth-order valence-electron chi connectivity index (χ4n) is 2.46. The van der Waals surface area contributed by atoms with Crippen LogP contribution in [0, 0.1) is 0 Å². The molecular weight excluding hydrogens is 284 g/mol. The molecule has 1 aromatic rings. The molecule has 0 fully saturated rings. The number of aliphatic carboxylic acids is 1. The highest BCUT2D eigenvalue weighted by molar-refractivity contribution is 6.02. The average Bonchev–Trinajstić information content (AvgIpc) is 2.45. The fraction of sp³-hybridized carbons (Fsp3) is 0.412. The molecule has 5 nitrogen and oxygen atoms in total. The summed E-state index contributed by atoms with van der Waals surface area (Å²) < 4.78 is 11.1. The van der Waals surface area contributed by atoms with Gasteiger partial charge in [-0.15, -0.1) is 0 Å². The van der Waals surface area contributed by atoms with E-state index in [-0.39, 0.29) is 24.7 Å². The molecule has 5 heteroatoms. The molecule has 0 saturated heterocycles. The summed E-state index contributed by atoms with van der Waals surface area (Å²) in [6.45, 7) is 2.08. The van der Waals surface area contributed by atoms with E-state index >= 15 is 0 Å². The van der Waals surface area contributed by atoms with Gasteiger partial charge in [-0.25, -0.2) is 0 Å². The molecule has 0 radical (unpaired) electrons. The van der Waals surface area contributed by atoms with Crippen molar-refractivity contribution in [2.24, 2.45) is 0 Å². The molecule has 1 N–H and O–H groups in total. The van der Waals surface area contributed by atoms with Crippen molar-refractivity contribution in [3.63, 3.8) is 0 Å². The molecule has 2 rings (SSSR count). The minimum absolute atomic E-state index is 0.0499. The Morgan fingerprint density at radius 2 is 2.27 bits per heavy atom. The molecule has 1 aromatic carbocycles. The molecule has 0 spiro atoms. The number of fused-ring (bicyclic) bond motifs is 1. The monoisotopic (exact) mass is 304 g/mol. The summed E-state index contributed by atoms with van der Waals surface area (Å²) >= 11 is 0. The number of benzene rings is 1. The number of carbonyl (C=O) groups is 2. The predicted octanol–water partition coefficient (Wildman–Crippen LogP) is 3.01. The van der Waals surface area contributed by atoms with Crippen molar-refractivity contribution in [3.8, 4) is 11.5 Å². The van der Waals surface area contributed by atoms with Crippen molar-refractivity contribution < 1.29 is 24.2 Å². The maximum atomic E-state index is 12.3. The smallest absolute Gasteiger partial charge is 0.307 e. The normalized spacial score (nSPS) is 17.2. The third-order valence-electron chi connectivity index (χ3n) is 3.45. The second kappa shape index (κ2) is 7.11. The molecule has 1 aliphatic rings. The maximum Gasteiger partial charge on any atom is 0.307 e. The van der Waals surface area contributed by atoms with Crippen LogP contribution in [0.25, 0.3) is 0 Å². The Labute approximate surface area is 129 Å². The summed E-state index contributed by atoms with van der Waals surface area (Å²) in [5.41, 5.74) is 0.950. The average molecular weight is 304 g/mol. The van der Waals surface area contributed by atoms with E-state index in [0.717, 1.165) is 12.8 Å². The molecule has 0 saturated carbocycles. The van der Waals surface area contributed by atoms with Gasteiger partial charge in [-0.3, -0.25) is 9.59 Å². The largest absolute Gasteiger partial charge is 0.496 e. The summed E-state index contributed by atoms with van der Waals surface area (Å²) in [5, 5.41) is 8.92. The lowest BCUT2D eigenvalue weighted by molar-refractivity contribution is -0.136. The Balaban J connectivity index is 2.33. The van der Waals surface area contributed by atoms with Crippen molar-refractivity contribution >= 4 is 11.8 Å². The van der Waals surface area contributed by atoms with Crippen molar-refractivity contribution in [2.75, 3.05) is 7.11 Å². The predicted molar refractivity (Wildman–Crippen MR) is 81.7 cm³/mol.